The molecule has 0 aromatic heterocycles. The van der Waals surface area contributed by atoms with Gasteiger partial charge in [-0.25, -0.2) is 0 Å². The SMILES string of the molecule is CCC(=O)c1cc2c(cc1C(C)C)CCC1C(C)(C(C)=O)CCCC21C. The Morgan fingerprint density at radius 2 is 1.88 bits per heavy atom. The van der Waals surface area contributed by atoms with Crippen LogP contribution in [0.3, 0.4) is 0 Å². The molecule has 26 heavy (non-hydrogen) atoms. The number of carbonyl (C=O) groups excluding carboxylic acids is 2. The van der Waals surface area contributed by atoms with Crippen molar-refractivity contribution in [3.8, 4) is 0 Å². The molecular weight excluding hydrogens is 320 g/mol. The molecule has 0 aliphatic heterocycles. The number of carbonyl (C=O) groups is 2. The molecule has 3 unspecified atom stereocenters. The molecule has 0 spiro atoms. The molecule has 2 aliphatic rings. The summed E-state index contributed by atoms with van der Waals surface area (Å²) in [5, 5.41) is 0. The third-order valence-corrected chi connectivity index (χ3v) is 7.57. The van der Waals surface area contributed by atoms with E-state index in [0.717, 1.165) is 37.7 Å². The summed E-state index contributed by atoms with van der Waals surface area (Å²) in [4.78, 5) is 25.2. The highest BCUT2D eigenvalue weighted by Crippen LogP contribution is 2.57. The van der Waals surface area contributed by atoms with Gasteiger partial charge in [0.1, 0.15) is 5.78 Å². The van der Waals surface area contributed by atoms with Crippen LogP contribution in [0.1, 0.15) is 107 Å². The predicted molar refractivity (Wildman–Crippen MR) is 107 cm³/mol. The fraction of sp³-hybridized carbons (Fsp3) is 0.667. The first kappa shape index (κ1) is 19.3. The summed E-state index contributed by atoms with van der Waals surface area (Å²) in [6.45, 7) is 12.6. The number of benzene rings is 1. The van der Waals surface area contributed by atoms with E-state index < -0.39 is 0 Å². The Balaban J connectivity index is 2.19. The lowest BCUT2D eigenvalue weighted by atomic mass is 9.49. The van der Waals surface area contributed by atoms with Crippen LogP contribution in [0, 0.1) is 11.3 Å². The van der Waals surface area contributed by atoms with Gasteiger partial charge in [-0.05, 0) is 72.6 Å². The summed E-state index contributed by atoms with van der Waals surface area (Å²) >= 11 is 0. The van der Waals surface area contributed by atoms with Gasteiger partial charge in [-0.3, -0.25) is 9.59 Å². The van der Waals surface area contributed by atoms with Crippen LogP contribution in [-0.4, -0.2) is 11.6 Å². The van der Waals surface area contributed by atoms with E-state index in [-0.39, 0.29) is 16.6 Å². The lowest BCUT2D eigenvalue weighted by molar-refractivity contribution is -0.134. The molecule has 1 aromatic carbocycles. The fourth-order valence-corrected chi connectivity index (χ4v) is 5.87. The van der Waals surface area contributed by atoms with Gasteiger partial charge in [-0.2, -0.15) is 0 Å². The van der Waals surface area contributed by atoms with Crippen molar-refractivity contribution in [1.29, 1.82) is 0 Å². The third-order valence-electron chi connectivity index (χ3n) is 7.57. The second-order valence-corrected chi connectivity index (χ2v) is 9.36. The zero-order valence-corrected chi connectivity index (χ0v) is 17.4. The Hall–Kier alpha value is -1.44. The van der Waals surface area contributed by atoms with E-state index in [2.05, 4.69) is 39.8 Å². The zero-order chi connectivity index (χ0) is 19.3. The molecule has 1 saturated carbocycles. The average molecular weight is 355 g/mol. The molecule has 0 amide bonds. The number of hydrogen-bond donors (Lipinski definition) is 0. The quantitative estimate of drug-likeness (QED) is 0.621. The van der Waals surface area contributed by atoms with Crippen molar-refractivity contribution in [2.75, 3.05) is 0 Å². The third kappa shape index (κ3) is 2.77. The van der Waals surface area contributed by atoms with Gasteiger partial charge in [-0.1, -0.05) is 47.1 Å². The lowest BCUT2D eigenvalue weighted by Gasteiger charge is -2.54. The first-order chi connectivity index (χ1) is 12.1. The molecule has 3 atom stereocenters. The number of ketones is 2. The standard InChI is InChI=1S/C24H34O2/c1-7-21(26)19-14-20-17(13-18(19)15(2)3)9-10-22-23(5,16(4)25)11-8-12-24(20,22)6/h13-15,22H,7-12H2,1-6H3. The number of hydrogen-bond acceptors (Lipinski definition) is 2. The molecule has 0 bridgehead atoms. The van der Waals surface area contributed by atoms with E-state index in [4.69, 9.17) is 0 Å². The Morgan fingerprint density at radius 3 is 2.46 bits per heavy atom. The molecule has 1 aromatic rings. The molecular formula is C24H34O2. The minimum absolute atomic E-state index is 0.00450. The number of fused-ring (bicyclic) bond motifs is 3. The largest absolute Gasteiger partial charge is 0.299 e. The minimum atomic E-state index is -0.226. The summed E-state index contributed by atoms with van der Waals surface area (Å²) in [5.41, 5.74) is 4.65. The van der Waals surface area contributed by atoms with Crippen molar-refractivity contribution in [2.45, 2.75) is 91.4 Å². The van der Waals surface area contributed by atoms with E-state index in [1.165, 1.54) is 16.7 Å². The van der Waals surface area contributed by atoms with Crippen molar-refractivity contribution in [2.24, 2.45) is 11.3 Å². The van der Waals surface area contributed by atoms with Crippen molar-refractivity contribution in [3.05, 3.63) is 34.4 Å². The minimum Gasteiger partial charge on any atom is -0.299 e. The summed E-state index contributed by atoms with van der Waals surface area (Å²) in [7, 11) is 0. The van der Waals surface area contributed by atoms with Gasteiger partial charge < -0.3 is 0 Å². The smallest absolute Gasteiger partial charge is 0.162 e. The molecule has 2 aliphatic carbocycles. The van der Waals surface area contributed by atoms with Gasteiger partial charge in [0.25, 0.3) is 0 Å². The van der Waals surface area contributed by atoms with Crippen LogP contribution in [0.4, 0.5) is 0 Å². The second-order valence-electron chi connectivity index (χ2n) is 9.36. The lowest BCUT2D eigenvalue weighted by Crippen LogP contribution is -2.51. The number of Topliss-reactive ketones (excluding diaryl/α,β-unsaturated/α-hetero) is 2. The topological polar surface area (TPSA) is 34.1 Å². The van der Waals surface area contributed by atoms with Crippen LogP contribution >= 0.6 is 0 Å². The van der Waals surface area contributed by atoms with Crippen LogP contribution in [-0.2, 0) is 16.6 Å². The summed E-state index contributed by atoms with van der Waals surface area (Å²) in [5.74, 6) is 1.31. The Labute approximate surface area is 158 Å². The first-order valence-electron chi connectivity index (χ1n) is 10.4. The maximum Gasteiger partial charge on any atom is 0.162 e. The predicted octanol–water partition coefficient (Wildman–Crippen LogP) is 6.00. The van der Waals surface area contributed by atoms with Crippen molar-refractivity contribution < 1.29 is 9.59 Å². The van der Waals surface area contributed by atoms with Crippen molar-refractivity contribution in [1.82, 2.24) is 0 Å². The van der Waals surface area contributed by atoms with Gasteiger partial charge in [0.2, 0.25) is 0 Å². The van der Waals surface area contributed by atoms with Gasteiger partial charge >= 0.3 is 0 Å². The van der Waals surface area contributed by atoms with E-state index in [0.29, 0.717) is 24.0 Å². The maximum atomic E-state index is 12.7. The van der Waals surface area contributed by atoms with Crippen LogP contribution in [0.25, 0.3) is 0 Å². The molecule has 0 saturated heterocycles. The van der Waals surface area contributed by atoms with E-state index in [1.807, 2.05) is 6.92 Å². The van der Waals surface area contributed by atoms with Crippen LogP contribution < -0.4 is 0 Å². The molecule has 0 heterocycles. The van der Waals surface area contributed by atoms with Crippen molar-refractivity contribution in [3.63, 3.8) is 0 Å². The molecule has 3 rings (SSSR count). The molecule has 2 heteroatoms. The number of rotatable bonds is 4. The van der Waals surface area contributed by atoms with Gasteiger partial charge in [0.05, 0.1) is 0 Å². The summed E-state index contributed by atoms with van der Waals surface area (Å²) < 4.78 is 0. The van der Waals surface area contributed by atoms with E-state index in [1.54, 1.807) is 6.92 Å². The maximum absolute atomic E-state index is 12.7. The molecule has 142 valence electrons. The molecule has 2 nitrogen and oxygen atoms in total. The molecule has 0 radical (unpaired) electrons. The average Bonchev–Trinajstić information content (AvgIpc) is 2.59. The Kier molecular flexibility index (Phi) is 4.92. The monoisotopic (exact) mass is 354 g/mol. The van der Waals surface area contributed by atoms with E-state index in [9.17, 15) is 9.59 Å². The highest BCUT2D eigenvalue weighted by Gasteiger charge is 2.53. The van der Waals surface area contributed by atoms with Gasteiger partial charge in [0.15, 0.2) is 5.78 Å². The van der Waals surface area contributed by atoms with Gasteiger partial charge in [0, 0.05) is 17.4 Å². The van der Waals surface area contributed by atoms with Gasteiger partial charge in [-0.15, -0.1) is 0 Å². The number of aryl methyl sites for hydroxylation is 1. The van der Waals surface area contributed by atoms with Crippen LogP contribution in [0.2, 0.25) is 0 Å². The van der Waals surface area contributed by atoms with Crippen LogP contribution in [0.5, 0.6) is 0 Å². The Morgan fingerprint density at radius 1 is 1.19 bits per heavy atom. The first-order valence-corrected chi connectivity index (χ1v) is 10.4. The summed E-state index contributed by atoms with van der Waals surface area (Å²) in [6.07, 6.45) is 5.86. The van der Waals surface area contributed by atoms with Crippen LogP contribution in [0.15, 0.2) is 12.1 Å². The Bertz CT molecular complexity index is 745. The molecule has 0 N–H and O–H groups in total. The zero-order valence-electron chi connectivity index (χ0n) is 17.4. The van der Waals surface area contributed by atoms with E-state index >= 15 is 0 Å². The summed E-state index contributed by atoms with van der Waals surface area (Å²) in [6, 6.07) is 4.53. The fourth-order valence-electron chi connectivity index (χ4n) is 5.87. The normalized spacial score (nSPS) is 30.7. The van der Waals surface area contributed by atoms with Crippen molar-refractivity contribution >= 4 is 11.6 Å². The second kappa shape index (κ2) is 6.62. The highest BCUT2D eigenvalue weighted by molar-refractivity contribution is 5.98. The highest BCUT2D eigenvalue weighted by atomic mass is 16.1. The molecule has 1 fully saturated rings.